The Morgan fingerprint density at radius 3 is 1.92 bits per heavy atom. The average molecular weight is 188 g/mol. The Labute approximate surface area is 78.5 Å². The first-order chi connectivity index (χ1) is 5.54. The van der Waals surface area contributed by atoms with E-state index in [1.807, 2.05) is 0 Å². The fourth-order valence-corrected chi connectivity index (χ4v) is 4.31. The SMILES string of the molecule is CC1CCCC[Si]1(C)C.COC. The monoisotopic (exact) mass is 188 g/mol. The zero-order valence-corrected chi connectivity index (χ0v) is 10.3. The number of ether oxygens (including phenoxy) is 1. The lowest BCUT2D eigenvalue weighted by Gasteiger charge is -2.34. The molecule has 1 nitrogen and oxygen atoms in total. The largest absolute Gasteiger partial charge is 0.388 e. The minimum atomic E-state index is -0.694. The number of methoxy groups -OCH3 is 1. The van der Waals surface area contributed by atoms with Crippen LogP contribution >= 0.6 is 0 Å². The van der Waals surface area contributed by atoms with E-state index in [0.717, 1.165) is 5.54 Å². The van der Waals surface area contributed by atoms with Crippen molar-refractivity contribution in [3.8, 4) is 0 Å². The van der Waals surface area contributed by atoms with Gasteiger partial charge in [0.1, 0.15) is 0 Å². The van der Waals surface area contributed by atoms with Crippen LogP contribution in [0.15, 0.2) is 0 Å². The molecule has 0 saturated carbocycles. The highest BCUT2D eigenvalue weighted by molar-refractivity contribution is 6.78. The Morgan fingerprint density at radius 2 is 1.67 bits per heavy atom. The molecule has 0 aromatic carbocycles. The molecule has 1 unspecified atom stereocenters. The molecule has 1 saturated heterocycles. The Balaban J connectivity index is 0.000000354. The van der Waals surface area contributed by atoms with Crippen LogP contribution in [0.1, 0.15) is 26.2 Å². The second-order valence-corrected chi connectivity index (χ2v) is 10.0. The number of hydrogen-bond acceptors (Lipinski definition) is 1. The van der Waals surface area contributed by atoms with E-state index < -0.39 is 8.07 Å². The van der Waals surface area contributed by atoms with Crippen LogP contribution in [0.5, 0.6) is 0 Å². The summed E-state index contributed by atoms with van der Waals surface area (Å²) in [5, 5.41) is 0. The zero-order chi connectivity index (χ0) is 9.61. The molecule has 1 atom stereocenters. The molecule has 1 aliphatic heterocycles. The summed E-state index contributed by atoms with van der Waals surface area (Å²) in [7, 11) is 2.56. The predicted molar refractivity (Wildman–Crippen MR) is 58.5 cm³/mol. The van der Waals surface area contributed by atoms with Gasteiger partial charge in [0.05, 0.1) is 8.07 Å². The van der Waals surface area contributed by atoms with Crippen molar-refractivity contribution in [3.05, 3.63) is 0 Å². The summed E-state index contributed by atoms with van der Waals surface area (Å²) in [6, 6.07) is 1.58. The quantitative estimate of drug-likeness (QED) is 0.528. The summed E-state index contributed by atoms with van der Waals surface area (Å²) in [6.07, 6.45) is 4.53. The van der Waals surface area contributed by atoms with E-state index in [-0.39, 0.29) is 0 Å². The van der Waals surface area contributed by atoms with Crippen LogP contribution in [0, 0.1) is 0 Å². The smallest absolute Gasteiger partial charge is 0.0502 e. The molecule has 0 bridgehead atoms. The van der Waals surface area contributed by atoms with Crippen molar-refractivity contribution in [2.45, 2.75) is 50.9 Å². The first kappa shape index (κ1) is 12.2. The molecule has 12 heavy (non-hydrogen) atoms. The van der Waals surface area contributed by atoms with Crippen LogP contribution < -0.4 is 0 Å². The Morgan fingerprint density at radius 1 is 1.17 bits per heavy atom. The first-order valence-electron chi connectivity index (χ1n) is 4.94. The Hall–Kier alpha value is 0.177. The number of rotatable bonds is 0. The van der Waals surface area contributed by atoms with Crippen LogP contribution in [-0.4, -0.2) is 22.3 Å². The van der Waals surface area contributed by atoms with Crippen LogP contribution in [0.3, 0.4) is 0 Å². The molecule has 0 aromatic rings. The second kappa shape index (κ2) is 5.76. The van der Waals surface area contributed by atoms with Crippen molar-refractivity contribution in [2.24, 2.45) is 0 Å². The fourth-order valence-electron chi connectivity index (χ4n) is 1.67. The molecule has 0 N–H and O–H groups in total. The fraction of sp³-hybridized carbons (Fsp3) is 1.00. The molecule has 0 aliphatic carbocycles. The van der Waals surface area contributed by atoms with E-state index in [1.165, 1.54) is 19.3 Å². The number of hydrogen-bond donors (Lipinski definition) is 0. The summed E-state index contributed by atoms with van der Waals surface area (Å²) in [5.41, 5.74) is 1.09. The molecule has 0 amide bonds. The van der Waals surface area contributed by atoms with Crippen LogP contribution in [0.2, 0.25) is 24.7 Å². The van der Waals surface area contributed by atoms with Gasteiger partial charge in [-0.2, -0.15) is 0 Å². The highest BCUT2D eigenvalue weighted by Gasteiger charge is 2.30. The molecule has 1 fully saturated rings. The van der Waals surface area contributed by atoms with E-state index in [1.54, 1.807) is 20.3 Å². The summed E-state index contributed by atoms with van der Waals surface area (Å²) >= 11 is 0. The summed E-state index contributed by atoms with van der Waals surface area (Å²) in [4.78, 5) is 0. The van der Waals surface area contributed by atoms with Crippen LogP contribution in [0.4, 0.5) is 0 Å². The third kappa shape index (κ3) is 4.26. The highest BCUT2D eigenvalue weighted by Crippen LogP contribution is 2.36. The van der Waals surface area contributed by atoms with E-state index in [2.05, 4.69) is 24.8 Å². The minimum Gasteiger partial charge on any atom is -0.388 e. The van der Waals surface area contributed by atoms with E-state index in [4.69, 9.17) is 0 Å². The lowest BCUT2D eigenvalue weighted by atomic mass is 10.2. The van der Waals surface area contributed by atoms with Crippen molar-refractivity contribution < 1.29 is 4.74 Å². The Kier molecular flexibility index (Phi) is 5.84. The second-order valence-electron chi connectivity index (χ2n) is 4.54. The van der Waals surface area contributed by atoms with Gasteiger partial charge in [-0.25, -0.2) is 0 Å². The molecular weight excluding hydrogens is 164 g/mol. The topological polar surface area (TPSA) is 9.23 Å². The lowest BCUT2D eigenvalue weighted by molar-refractivity contribution is 0.277. The maximum atomic E-state index is 4.25. The van der Waals surface area contributed by atoms with Gasteiger partial charge in [-0.1, -0.05) is 45.3 Å². The van der Waals surface area contributed by atoms with Crippen molar-refractivity contribution in [1.29, 1.82) is 0 Å². The van der Waals surface area contributed by atoms with Gasteiger partial charge >= 0.3 is 0 Å². The van der Waals surface area contributed by atoms with Gasteiger partial charge in [-0.05, 0) is 5.54 Å². The predicted octanol–water partition coefficient (Wildman–Crippen LogP) is 3.53. The maximum absolute atomic E-state index is 4.25. The van der Waals surface area contributed by atoms with Crippen molar-refractivity contribution in [1.82, 2.24) is 0 Å². The molecule has 0 radical (unpaired) electrons. The van der Waals surface area contributed by atoms with Gasteiger partial charge in [-0.3, -0.25) is 0 Å². The third-order valence-electron chi connectivity index (χ3n) is 3.04. The molecule has 1 rings (SSSR count). The van der Waals surface area contributed by atoms with Gasteiger partial charge in [0.2, 0.25) is 0 Å². The highest BCUT2D eigenvalue weighted by atomic mass is 28.3. The van der Waals surface area contributed by atoms with Crippen molar-refractivity contribution in [3.63, 3.8) is 0 Å². The van der Waals surface area contributed by atoms with Crippen molar-refractivity contribution >= 4 is 8.07 Å². The van der Waals surface area contributed by atoms with E-state index >= 15 is 0 Å². The molecule has 0 spiro atoms. The molecule has 0 aromatic heterocycles. The van der Waals surface area contributed by atoms with Gasteiger partial charge in [-0.15, -0.1) is 0 Å². The van der Waals surface area contributed by atoms with Gasteiger partial charge in [0.25, 0.3) is 0 Å². The van der Waals surface area contributed by atoms with Gasteiger partial charge in [0.15, 0.2) is 0 Å². The molecule has 1 aliphatic rings. The first-order valence-corrected chi connectivity index (χ1v) is 8.23. The summed E-state index contributed by atoms with van der Waals surface area (Å²) < 4.78 is 4.25. The average Bonchev–Trinajstić information content (AvgIpc) is 1.97. The maximum Gasteiger partial charge on any atom is 0.0502 e. The third-order valence-corrected chi connectivity index (χ3v) is 7.64. The zero-order valence-electron chi connectivity index (χ0n) is 9.31. The van der Waals surface area contributed by atoms with Crippen molar-refractivity contribution in [2.75, 3.05) is 14.2 Å². The van der Waals surface area contributed by atoms with E-state index in [9.17, 15) is 0 Å². The molecular formula is C10H24OSi. The van der Waals surface area contributed by atoms with Crippen LogP contribution in [0.25, 0.3) is 0 Å². The summed E-state index contributed by atoms with van der Waals surface area (Å²) in [5.74, 6) is 0. The standard InChI is InChI=1S/C8H18Si.C2H6O/c1-8-6-4-5-7-9(8,2)3;1-3-2/h8H,4-7H2,1-3H3;1-2H3. The molecule has 2 heteroatoms. The molecule has 74 valence electrons. The Bertz CT molecular complexity index is 112. The minimum absolute atomic E-state index is 0.694. The normalized spacial score (nSPS) is 27.2. The van der Waals surface area contributed by atoms with Crippen LogP contribution in [-0.2, 0) is 4.74 Å². The molecule has 1 heterocycles. The van der Waals surface area contributed by atoms with Gasteiger partial charge in [0, 0.05) is 14.2 Å². The lowest BCUT2D eigenvalue weighted by Crippen LogP contribution is -2.33. The van der Waals surface area contributed by atoms with E-state index in [0.29, 0.717) is 0 Å². The summed E-state index contributed by atoms with van der Waals surface area (Å²) in [6.45, 7) is 7.53. The van der Waals surface area contributed by atoms with Gasteiger partial charge < -0.3 is 4.74 Å².